The topological polar surface area (TPSA) is 83.5 Å². The van der Waals surface area contributed by atoms with Gasteiger partial charge in [-0.25, -0.2) is 13.2 Å². The first-order chi connectivity index (χ1) is 7.36. The van der Waals surface area contributed by atoms with Crippen molar-refractivity contribution in [1.82, 2.24) is 4.72 Å². The summed E-state index contributed by atoms with van der Waals surface area (Å²) in [5, 5.41) is 9.91. The maximum atomic E-state index is 11.6. The fourth-order valence-corrected chi connectivity index (χ4v) is 3.23. The first-order valence-electron chi connectivity index (χ1n) is 4.17. The molecule has 1 unspecified atom stereocenters. The molecule has 0 aliphatic heterocycles. The fourth-order valence-electron chi connectivity index (χ4n) is 0.894. The van der Waals surface area contributed by atoms with Crippen molar-refractivity contribution in [3.8, 4) is 12.3 Å². The molecule has 0 saturated heterocycles. The Morgan fingerprint density at radius 1 is 1.69 bits per heavy atom. The normalized spacial score (nSPS) is 13.0. The van der Waals surface area contributed by atoms with Crippen molar-refractivity contribution in [3.05, 3.63) is 17.0 Å². The number of hydrogen-bond acceptors (Lipinski definition) is 4. The number of hydrogen-bond donors (Lipinski definition) is 2. The van der Waals surface area contributed by atoms with Crippen molar-refractivity contribution in [2.75, 3.05) is 0 Å². The van der Waals surface area contributed by atoms with Crippen LogP contribution in [-0.4, -0.2) is 25.5 Å². The number of sulfonamides is 1. The highest BCUT2D eigenvalue weighted by Gasteiger charge is 2.20. The van der Waals surface area contributed by atoms with Gasteiger partial charge in [0.15, 0.2) is 0 Å². The van der Waals surface area contributed by atoms with E-state index in [1.165, 1.54) is 12.3 Å². The molecule has 0 aliphatic carbocycles. The number of carboxylic acids is 1. The molecule has 86 valence electrons. The van der Waals surface area contributed by atoms with E-state index in [0.717, 1.165) is 17.4 Å². The zero-order chi connectivity index (χ0) is 12.3. The Morgan fingerprint density at radius 3 is 2.75 bits per heavy atom. The molecule has 16 heavy (non-hydrogen) atoms. The van der Waals surface area contributed by atoms with Crippen LogP contribution in [0, 0.1) is 12.3 Å². The minimum absolute atomic E-state index is 0.0567. The van der Waals surface area contributed by atoms with E-state index in [1.54, 1.807) is 0 Å². The zero-order valence-corrected chi connectivity index (χ0v) is 9.93. The van der Waals surface area contributed by atoms with Crippen LogP contribution in [0.3, 0.4) is 0 Å². The van der Waals surface area contributed by atoms with Crippen molar-refractivity contribution in [2.45, 2.75) is 17.2 Å². The van der Waals surface area contributed by atoms with Crippen molar-refractivity contribution < 1.29 is 18.3 Å². The molecule has 0 amide bonds. The molecule has 0 saturated carbocycles. The maximum absolute atomic E-state index is 11.6. The third kappa shape index (κ3) is 2.82. The van der Waals surface area contributed by atoms with Gasteiger partial charge < -0.3 is 5.11 Å². The van der Waals surface area contributed by atoms with Crippen molar-refractivity contribution in [2.24, 2.45) is 0 Å². The Labute approximate surface area is 97.2 Å². The number of nitrogens with one attached hydrogen (secondary N) is 1. The lowest BCUT2D eigenvalue weighted by Crippen LogP contribution is -2.30. The van der Waals surface area contributed by atoms with Gasteiger partial charge in [-0.1, -0.05) is 5.92 Å². The lowest BCUT2D eigenvalue weighted by molar-refractivity contribution is 0.0697. The lowest BCUT2D eigenvalue weighted by Gasteiger charge is -2.06. The van der Waals surface area contributed by atoms with Crippen molar-refractivity contribution in [1.29, 1.82) is 0 Å². The van der Waals surface area contributed by atoms with Gasteiger partial charge in [0.1, 0.15) is 4.21 Å². The van der Waals surface area contributed by atoms with Crippen molar-refractivity contribution >= 4 is 27.3 Å². The minimum Gasteiger partial charge on any atom is -0.478 e. The summed E-state index contributed by atoms with van der Waals surface area (Å²) in [7, 11) is -3.72. The second-order valence-electron chi connectivity index (χ2n) is 2.97. The second kappa shape index (κ2) is 4.65. The van der Waals surface area contributed by atoms with Crippen LogP contribution in [-0.2, 0) is 10.0 Å². The highest BCUT2D eigenvalue weighted by molar-refractivity contribution is 7.91. The fraction of sp³-hybridized carbons (Fsp3) is 0.222. The van der Waals surface area contributed by atoms with Gasteiger partial charge in [0.05, 0.1) is 11.6 Å². The smallest absolute Gasteiger partial charge is 0.336 e. The Hall–Kier alpha value is -1.36. The van der Waals surface area contributed by atoms with Gasteiger partial charge in [0, 0.05) is 5.38 Å². The standard InChI is InChI=1S/C9H9NO4S2/c1-3-6(2)10-16(13,14)8-4-7(5-15-8)9(11)12/h1,4-6,10H,2H3,(H,11,12). The average Bonchev–Trinajstić information content (AvgIpc) is 2.66. The monoisotopic (exact) mass is 259 g/mol. The van der Waals surface area contributed by atoms with Gasteiger partial charge in [-0.3, -0.25) is 0 Å². The number of terminal acetylenes is 1. The predicted molar refractivity (Wildman–Crippen MR) is 59.9 cm³/mol. The molecule has 0 bridgehead atoms. The summed E-state index contributed by atoms with van der Waals surface area (Å²) in [5.74, 6) is 1.05. The first kappa shape index (κ1) is 12.7. The van der Waals surface area contributed by atoms with Gasteiger partial charge >= 0.3 is 5.97 Å². The van der Waals surface area contributed by atoms with E-state index in [4.69, 9.17) is 11.5 Å². The summed E-state index contributed by atoms with van der Waals surface area (Å²) in [6, 6.07) is 0.457. The molecule has 1 aromatic heterocycles. The summed E-state index contributed by atoms with van der Waals surface area (Å²) < 4.78 is 25.5. The van der Waals surface area contributed by atoms with E-state index < -0.39 is 22.0 Å². The van der Waals surface area contributed by atoms with Crippen LogP contribution in [0.25, 0.3) is 0 Å². The lowest BCUT2D eigenvalue weighted by atomic mass is 10.4. The molecular weight excluding hydrogens is 250 g/mol. The van der Waals surface area contributed by atoms with Crippen LogP contribution in [0.4, 0.5) is 0 Å². The van der Waals surface area contributed by atoms with E-state index in [9.17, 15) is 13.2 Å². The maximum Gasteiger partial charge on any atom is 0.336 e. The van der Waals surface area contributed by atoms with E-state index >= 15 is 0 Å². The molecule has 0 aromatic carbocycles. The molecule has 1 atom stereocenters. The Bertz CT molecular complexity index is 538. The van der Waals surface area contributed by atoms with E-state index in [0.29, 0.717) is 0 Å². The average molecular weight is 259 g/mol. The molecule has 2 N–H and O–H groups in total. The quantitative estimate of drug-likeness (QED) is 0.781. The summed E-state index contributed by atoms with van der Waals surface area (Å²) in [6.07, 6.45) is 5.04. The molecule has 1 aromatic rings. The second-order valence-corrected chi connectivity index (χ2v) is 5.82. The Morgan fingerprint density at radius 2 is 2.31 bits per heavy atom. The molecule has 5 nitrogen and oxygen atoms in total. The number of rotatable bonds is 4. The molecule has 1 rings (SSSR count). The summed E-state index contributed by atoms with van der Waals surface area (Å²) in [6.45, 7) is 1.52. The summed E-state index contributed by atoms with van der Waals surface area (Å²) in [5.41, 5.74) is -0.0567. The summed E-state index contributed by atoms with van der Waals surface area (Å²) in [4.78, 5) is 10.6. The van der Waals surface area contributed by atoms with Crippen LogP contribution < -0.4 is 4.72 Å². The number of thiophene rings is 1. The molecule has 0 spiro atoms. The van der Waals surface area contributed by atoms with E-state index in [1.807, 2.05) is 0 Å². The van der Waals surface area contributed by atoms with Crippen LogP contribution in [0.1, 0.15) is 17.3 Å². The molecule has 1 heterocycles. The SMILES string of the molecule is C#CC(C)NS(=O)(=O)c1cc(C(=O)O)cs1. The van der Waals surface area contributed by atoms with Crippen LogP contribution in [0.15, 0.2) is 15.7 Å². The molecule has 0 fully saturated rings. The zero-order valence-electron chi connectivity index (χ0n) is 8.30. The van der Waals surface area contributed by atoms with Gasteiger partial charge in [-0.15, -0.1) is 17.8 Å². The highest BCUT2D eigenvalue weighted by Crippen LogP contribution is 2.20. The van der Waals surface area contributed by atoms with Crippen LogP contribution in [0.2, 0.25) is 0 Å². The highest BCUT2D eigenvalue weighted by atomic mass is 32.2. The Kier molecular flexibility index (Phi) is 3.70. The largest absolute Gasteiger partial charge is 0.478 e. The number of carbonyl (C=O) groups is 1. The minimum atomic E-state index is -3.72. The van der Waals surface area contributed by atoms with Gasteiger partial charge in [-0.2, -0.15) is 4.72 Å². The molecule has 0 aliphatic rings. The predicted octanol–water partition coefficient (Wildman–Crippen LogP) is 0.746. The summed E-state index contributed by atoms with van der Waals surface area (Å²) >= 11 is 0.837. The van der Waals surface area contributed by atoms with Crippen LogP contribution >= 0.6 is 11.3 Å². The number of carboxylic acid groups (broad SMARTS) is 1. The first-order valence-corrected chi connectivity index (χ1v) is 6.53. The van der Waals surface area contributed by atoms with E-state index in [-0.39, 0.29) is 9.77 Å². The Balaban J connectivity index is 3.00. The van der Waals surface area contributed by atoms with Gasteiger partial charge in [-0.05, 0) is 13.0 Å². The molecule has 7 heteroatoms. The van der Waals surface area contributed by atoms with E-state index in [2.05, 4.69) is 10.6 Å². The number of aromatic carboxylic acids is 1. The van der Waals surface area contributed by atoms with Gasteiger partial charge in [0.2, 0.25) is 0 Å². The van der Waals surface area contributed by atoms with Crippen LogP contribution in [0.5, 0.6) is 0 Å². The molecular formula is C9H9NO4S2. The van der Waals surface area contributed by atoms with Crippen molar-refractivity contribution in [3.63, 3.8) is 0 Å². The third-order valence-electron chi connectivity index (χ3n) is 1.67. The molecule has 0 radical (unpaired) electrons. The van der Waals surface area contributed by atoms with Gasteiger partial charge in [0.25, 0.3) is 10.0 Å². The third-order valence-corrected chi connectivity index (χ3v) is 4.65.